The molecule has 18 heavy (non-hydrogen) atoms. The zero-order valence-electron chi connectivity index (χ0n) is 9.91. The maximum atomic E-state index is 10.6. The van der Waals surface area contributed by atoms with Crippen LogP contribution in [-0.4, -0.2) is 14.9 Å². The van der Waals surface area contributed by atoms with Gasteiger partial charge in [0.25, 0.3) is 0 Å². The molecule has 0 bridgehead atoms. The van der Waals surface area contributed by atoms with Gasteiger partial charge in [-0.25, -0.2) is 9.97 Å². The highest BCUT2D eigenvalue weighted by molar-refractivity contribution is 7.18. The number of hydrogen-bond donors (Lipinski definition) is 1. The quantitative estimate of drug-likeness (QED) is 0.673. The lowest BCUT2D eigenvalue weighted by Gasteiger charge is -2.08. The molecule has 0 spiro atoms. The van der Waals surface area contributed by atoms with Crippen LogP contribution in [0.15, 0.2) is 12.4 Å². The maximum absolute atomic E-state index is 10.6. The molecule has 96 valence electrons. The van der Waals surface area contributed by atoms with E-state index in [0.717, 1.165) is 22.8 Å². The Balaban J connectivity index is 2.05. The van der Waals surface area contributed by atoms with Crippen molar-refractivity contribution in [3.8, 4) is 0 Å². The van der Waals surface area contributed by atoms with E-state index in [1.165, 1.54) is 11.1 Å². The summed E-state index contributed by atoms with van der Waals surface area (Å²) < 4.78 is 0. The fourth-order valence-corrected chi connectivity index (χ4v) is 2.93. The van der Waals surface area contributed by atoms with Gasteiger partial charge >= 0.3 is 5.00 Å². The third-order valence-electron chi connectivity index (χ3n) is 2.30. The predicted octanol–water partition coefficient (Wildman–Crippen LogP) is 3.24. The van der Waals surface area contributed by atoms with Crippen LogP contribution in [0.5, 0.6) is 0 Å². The fraction of sp³-hybridized carbons (Fsp3) is 0.400. The van der Waals surface area contributed by atoms with E-state index in [1.54, 1.807) is 11.3 Å². The number of anilines is 1. The monoisotopic (exact) mass is 284 g/mol. The molecule has 0 aliphatic heterocycles. The Bertz CT molecular complexity index is 552. The molecule has 6 nitrogen and oxygen atoms in total. The van der Waals surface area contributed by atoms with Crippen molar-refractivity contribution in [2.45, 2.75) is 26.3 Å². The summed E-state index contributed by atoms with van der Waals surface area (Å²) in [5.74, 6) is 0. The van der Waals surface area contributed by atoms with Crippen molar-refractivity contribution in [1.29, 1.82) is 0 Å². The SMILES string of the molecule is CCc1cnc(C(C)Nc2ncc([N+](=O)[O-])s2)s1. The summed E-state index contributed by atoms with van der Waals surface area (Å²) in [6.45, 7) is 4.05. The van der Waals surface area contributed by atoms with E-state index >= 15 is 0 Å². The molecule has 2 heterocycles. The molecule has 2 aromatic rings. The maximum Gasteiger partial charge on any atom is 0.345 e. The highest BCUT2D eigenvalue weighted by atomic mass is 32.1. The summed E-state index contributed by atoms with van der Waals surface area (Å²) in [6, 6.07) is 0.000976. The first-order valence-corrected chi connectivity index (χ1v) is 7.04. The van der Waals surface area contributed by atoms with Crippen LogP contribution in [0.4, 0.5) is 10.1 Å². The number of nitrogens with zero attached hydrogens (tertiary/aromatic N) is 3. The molecule has 1 unspecified atom stereocenters. The van der Waals surface area contributed by atoms with E-state index in [2.05, 4.69) is 22.2 Å². The first-order chi connectivity index (χ1) is 8.60. The summed E-state index contributed by atoms with van der Waals surface area (Å²) >= 11 is 2.67. The molecule has 0 saturated carbocycles. The molecule has 2 aromatic heterocycles. The van der Waals surface area contributed by atoms with Crippen LogP contribution in [0.2, 0.25) is 0 Å². The minimum atomic E-state index is -0.438. The van der Waals surface area contributed by atoms with Crippen LogP contribution in [0, 0.1) is 10.1 Å². The molecule has 1 atom stereocenters. The molecular formula is C10H12N4O2S2. The predicted molar refractivity (Wildman–Crippen MR) is 72.3 cm³/mol. The summed E-state index contributed by atoms with van der Waals surface area (Å²) in [5, 5.41) is 15.2. The van der Waals surface area contributed by atoms with Crippen molar-refractivity contribution < 1.29 is 4.92 Å². The van der Waals surface area contributed by atoms with E-state index in [4.69, 9.17) is 0 Å². The van der Waals surface area contributed by atoms with Crippen LogP contribution in [0.3, 0.4) is 0 Å². The van der Waals surface area contributed by atoms with Crippen LogP contribution >= 0.6 is 22.7 Å². The molecule has 8 heteroatoms. The Morgan fingerprint density at radius 3 is 2.78 bits per heavy atom. The van der Waals surface area contributed by atoms with Gasteiger partial charge in [0.15, 0.2) is 5.13 Å². The lowest BCUT2D eigenvalue weighted by molar-refractivity contribution is -0.380. The number of nitrogens with one attached hydrogen (secondary N) is 1. The highest BCUT2D eigenvalue weighted by Gasteiger charge is 2.15. The van der Waals surface area contributed by atoms with Gasteiger partial charge in [-0.1, -0.05) is 6.92 Å². The summed E-state index contributed by atoms with van der Waals surface area (Å²) in [7, 11) is 0. The molecule has 0 saturated heterocycles. The fourth-order valence-electron chi connectivity index (χ4n) is 1.35. The van der Waals surface area contributed by atoms with Crippen molar-refractivity contribution in [3.63, 3.8) is 0 Å². The first-order valence-electron chi connectivity index (χ1n) is 5.41. The third-order valence-corrected chi connectivity index (χ3v) is 4.51. The second kappa shape index (κ2) is 5.40. The lowest BCUT2D eigenvalue weighted by Crippen LogP contribution is -2.05. The molecule has 2 rings (SSSR count). The average molecular weight is 284 g/mol. The van der Waals surface area contributed by atoms with Crippen molar-refractivity contribution in [3.05, 3.63) is 32.4 Å². The highest BCUT2D eigenvalue weighted by Crippen LogP contribution is 2.29. The van der Waals surface area contributed by atoms with E-state index in [0.29, 0.717) is 5.13 Å². The first kappa shape index (κ1) is 12.9. The van der Waals surface area contributed by atoms with Gasteiger partial charge in [-0.05, 0) is 24.7 Å². The van der Waals surface area contributed by atoms with E-state index in [-0.39, 0.29) is 11.0 Å². The second-order valence-electron chi connectivity index (χ2n) is 3.65. The molecular weight excluding hydrogens is 272 g/mol. The van der Waals surface area contributed by atoms with Crippen molar-refractivity contribution in [2.24, 2.45) is 0 Å². The Morgan fingerprint density at radius 1 is 1.44 bits per heavy atom. The van der Waals surface area contributed by atoms with Gasteiger partial charge in [0, 0.05) is 11.1 Å². The van der Waals surface area contributed by atoms with Gasteiger partial charge < -0.3 is 5.32 Å². The number of hydrogen-bond acceptors (Lipinski definition) is 7. The van der Waals surface area contributed by atoms with Gasteiger partial charge in [-0.15, -0.1) is 11.3 Å². The van der Waals surface area contributed by atoms with Crippen molar-refractivity contribution >= 4 is 32.8 Å². The Labute approximate surface area is 112 Å². The molecule has 0 aliphatic rings. The van der Waals surface area contributed by atoms with E-state index in [1.807, 2.05) is 13.1 Å². The van der Waals surface area contributed by atoms with Gasteiger partial charge in [0.1, 0.15) is 11.2 Å². The molecule has 0 aliphatic carbocycles. The van der Waals surface area contributed by atoms with Gasteiger partial charge in [0.2, 0.25) is 0 Å². The summed E-state index contributed by atoms with van der Waals surface area (Å²) in [4.78, 5) is 19.6. The molecule has 0 aromatic carbocycles. The van der Waals surface area contributed by atoms with Crippen LogP contribution in [0.25, 0.3) is 0 Å². The number of nitro groups is 1. The largest absolute Gasteiger partial charge is 0.352 e. The third kappa shape index (κ3) is 2.82. The van der Waals surface area contributed by atoms with Crippen molar-refractivity contribution in [2.75, 3.05) is 5.32 Å². The van der Waals surface area contributed by atoms with Crippen molar-refractivity contribution in [1.82, 2.24) is 9.97 Å². The van der Waals surface area contributed by atoms with Crippen LogP contribution in [0.1, 0.15) is 29.8 Å². The molecule has 1 N–H and O–H groups in total. The zero-order valence-corrected chi connectivity index (χ0v) is 11.5. The van der Waals surface area contributed by atoms with Gasteiger partial charge in [-0.3, -0.25) is 10.1 Å². The Kier molecular flexibility index (Phi) is 3.87. The standard InChI is InChI=1S/C10H12N4O2S2/c1-3-7-4-11-9(17-7)6(2)13-10-12-5-8(18-10)14(15)16/h4-6H,3H2,1-2H3,(H,12,13). The normalized spacial score (nSPS) is 12.3. The minimum absolute atomic E-state index is 0.000976. The summed E-state index contributed by atoms with van der Waals surface area (Å²) in [5.41, 5.74) is 0. The molecule has 0 amide bonds. The smallest absolute Gasteiger partial charge is 0.345 e. The number of rotatable bonds is 5. The van der Waals surface area contributed by atoms with E-state index < -0.39 is 4.92 Å². The minimum Gasteiger partial charge on any atom is -0.352 e. The van der Waals surface area contributed by atoms with Gasteiger partial charge in [0.05, 0.1) is 11.0 Å². The number of aryl methyl sites for hydroxylation is 1. The Hall–Kier alpha value is -1.54. The second-order valence-corrected chi connectivity index (χ2v) is 5.80. The molecule has 0 radical (unpaired) electrons. The average Bonchev–Trinajstić information content (AvgIpc) is 2.96. The summed E-state index contributed by atoms with van der Waals surface area (Å²) in [6.07, 6.45) is 4.09. The topological polar surface area (TPSA) is 81.0 Å². The molecule has 0 fully saturated rings. The number of aromatic nitrogens is 2. The van der Waals surface area contributed by atoms with E-state index in [9.17, 15) is 10.1 Å². The number of thiazole rings is 2. The lowest BCUT2D eigenvalue weighted by atomic mass is 10.4. The zero-order chi connectivity index (χ0) is 13.1. The van der Waals surface area contributed by atoms with Crippen LogP contribution < -0.4 is 5.32 Å². The van der Waals surface area contributed by atoms with Gasteiger partial charge in [-0.2, -0.15) is 0 Å². The Morgan fingerprint density at radius 2 is 2.22 bits per heavy atom. The van der Waals surface area contributed by atoms with Crippen LogP contribution in [-0.2, 0) is 6.42 Å².